The highest BCUT2D eigenvalue weighted by Crippen LogP contribution is 2.41. The number of carbonyl (C=O) groups excluding carboxylic acids is 1. The Morgan fingerprint density at radius 1 is 1.31 bits per heavy atom. The van der Waals surface area contributed by atoms with Crippen molar-refractivity contribution >= 4 is 28.0 Å². The van der Waals surface area contributed by atoms with Gasteiger partial charge in [0.15, 0.2) is 6.61 Å². The highest BCUT2D eigenvalue weighted by molar-refractivity contribution is 7.16. The Balaban J connectivity index is 1.72. The molecule has 2 aromatic rings. The van der Waals surface area contributed by atoms with Crippen molar-refractivity contribution in [3.63, 3.8) is 0 Å². The summed E-state index contributed by atoms with van der Waals surface area (Å²) in [5, 5.41) is 19.5. The van der Waals surface area contributed by atoms with Gasteiger partial charge < -0.3 is 15.5 Å². The normalized spacial score (nSPS) is 17.2. The molecule has 0 radical (unpaired) electrons. The summed E-state index contributed by atoms with van der Waals surface area (Å²) in [5.41, 5.74) is 3.09. The van der Waals surface area contributed by atoms with E-state index in [0.717, 1.165) is 22.4 Å². The van der Waals surface area contributed by atoms with Crippen LogP contribution in [0, 0.1) is 11.3 Å². The van der Waals surface area contributed by atoms with E-state index in [9.17, 15) is 10.1 Å². The molecule has 0 saturated heterocycles. The number of anilines is 1. The van der Waals surface area contributed by atoms with Crippen molar-refractivity contribution in [3.8, 4) is 6.07 Å². The molecule has 3 rings (SSSR count). The molecule has 0 bridgehead atoms. The average Bonchev–Trinajstić information content (AvgIpc) is 2.98. The topological polar surface area (TPSA) is 91.1 Å². The van der Waals surface area contributed by atoms with Gasteiger partial charge in [-0.25, -0.2) is 0 Å². The number of fused-ring (bicyclic) bond motifs is 1. The van der Waals surface area contributed by atoms with E-state index in [0.29, 0.717) is 16.3 Å². The molecule has 0 fully saturated rings. The van der Waals surface area contributed by atoms with Crippen molar-refractivity contribution in [3.05, 3.63) is 51.9 Å². The Kier molecular flexibility index (Phi) is 5.78. The van der Waals surface area contributed by atoms with Crippen LogP contribution in [0.4, 0.5) is 5.00 Å². The van der Waals surface area contributed by atoms with Gasteiger partial charge in [0.05, 0.1) is 21.7 Å². The summed E-state index contributed by atoms with van der Waals surface area (Å²) in [5.74, 6) is -0.328. The van der Waals surface area contributed by atoms with E-state index in [1.165, 1.54) is 11.3 Å². The van der Waals surface area contributed by atoms with Crippen molar-refractivity contribution in [1.29, 1.82) is 5.26 Å². The summed E-state index contributed by atoms with van der Waals surface area (Å²) in [6.07, 6.45) is 0.790. The number of benzene rings is 1. The molecular formula is C22H27N4O2S+. The van der Waals surface area contributed by atoms with Gasteiger partial charge in [-0.1, -0.05) is 35.5 Å². The molecule has 152 valence electrons. The number of rotatable bonds is 5. The van der Waals surface area contributed by atoms with Gasteiger partial charge >= 0.3 is 0 Å². The Morgan fingerprint density at radius 3 is 2.66 bits per heavy atom. The van der Waals surface area contributed by atoms with Crippen LogP contribution in [0.3, 0.4) is 0 Å². The smallest absolute Gasteiger partial charge is 0.265 e. The van der Waals surface area contributed by atoms with Crippen LogP contribution in [-0.4, -0.2) is 23.8 Å². The standard InChI is InChI=1S/C22H26N4O2S/c1-14(15-9-7-6-8-10-15)25-28-13-18(27)24-20-17(12-23)16-11-21(2,3)26-22(4,5)19(16)29-20/h6-10,26H,11,13H2,1-5H3,(H,24,27)/p+1. The molecule has 7 heteroatoms. The zero-order valence-electron chi connectivity index (χ0n) is 17.5. The lowest BCUT2D eigenvalue weighted by molar-refractivity contribution is -0.789. The van der Waals surface area contributed by atoms with Gasteiger partial charge in [-0.05, 0) is 45.7 Å². The van der Waals surface area contributed by atoms with Crippen molar-refractivity contribution in [2.75, 3.05) is 11.9 Å². The molecule has 0 atom stereocenters. The van der Waals surface area contributed by atoms with Crippen molar-refractivity contribution in [2.45, 2.75) is 52.1 Å². The molecular weight excluding hydrogens is 384 g/mol. The Labute approximate surface area is 175 Å². The lowest BCUT2D eigenvalue weighted by Crippen LogP contribution is -3.03. The van der Waals surface area contributed by atoms with Crippen molar-refractivity contribution in [2.24, 2.45) is 5.16 Å². The number of thiophene rings is 1. The zero-order chi connectivity index (χ0) is 21.2. The first-order chi connectivity index (χ1) is 13.6. The number of nitrogens with two attached hydrogens (primary N) is 1. The minimum absolute atomic E-state index is 0.00273. The second-order valence-corrected chi connectivity index (χ2v) is 9.64. The van der Waals surface area contributed by atoms with Crippen molar-refractivity contribution < 1.29 is 14.9 Å². The summed E-state index contributed by atoms with van der Waals surface area (Å²) >= 11 is 1.48. The van der Waals surface area contributed by atoms with E-state index in [4.69, 9.17) is 4.84 Å². The maximum Gasteiger partial charge on any atom is 0.265 e. The minimum atomic E-state index is -0.328. The number of nitrogens with zero attached hydrogens (tertiary/aromatic N) is 2. The SMILES string of the molecule is CC(=NOCC(=O)Nc1sc2c(c1C#N)CC(C)(C)[NH2+]C2(C)C)c1ccccc1. The molecule has 1 amide bonds. The second kappa shape index (κ2) is 7.97. The Bertz CT molecular complexity index is 984. The maximum atomic E-state index is 12.4. The third kappa shape index (κ3) is 4.66. The van der Waals surface area contributed by atoms with Crippen LogP contribution in [0.25, 0.3) is 0 Å². The number of hydrogen-bond donors (Lipinski definition) is 2. The number of nitrogens with one attached hydrogen (secondary N) is 1. The summed E-state index contributed by atoms with van der Waals surface area (Å²) in [7, 11) is 0. The summed E-state index contributed by atoms with van der Waals surface area (Å²) < 4.78 is 0. The molecule has 0 saturated carbocycles. The molecule has 6 nitrogen and oxygen atoms in total. The quantitative estimate of drug-likeness (QED) is 0.585. The van der Waals surface area contributed by atoms with Gasteiger partial charge in [0.1, 0.15) is 16.6 Å². The fourth-order valence-corrected chi connectivity index (χ4v) is 5.25. The summed E-state index contributed by atoms with van der Waals surface area (Å²) in [4.78, 5) is 18.8. The Hall–Kier alpha value is -2.69. The van der Waals surface area contributed by atoms with Crippen LogP contribution in [0.2, 0.25) is 0 Å². The van der Waals surface area contributed by atoms with Gasteiger partial charge in [-0.15, -0.1) is 11.3 Å². The lowest BCUT2D eigenvalue weighted by Gasteiger charge is -2.38. The van der Waals surface area contributed by atoms with Gasteiger partial charge in [-0.2, -0.15) is 5.26 Å². The summed E-state index contributed by atoms with van der Waals surface area (Å²) in [6.45, 7) is 10.3. The molecule has 1 aliphatic rings. The van der Waals surface area contributed by atoms with Crippen molar-refractivity contribution in [1.82, 2.24) is 0 Å². The first-order valence-electron chi connectivity index (χ1n) is 9.58. The van der Waals surface area contributed by atoms with Gasteiger partial charge in [-0.3, -0.25) is 4.79 Å². The predicted octanol–water partition coefficient (Wildman–Crippen LogP) is 3.13. The first-order valence-corrected chi connectivity index (χ1v) is 10.4. The number of quaternary nitrogens is 1. The number of hydrogen-bond acceptors (Lipinski definition) is 5. The number of carbonyl (C=O) groups is 1. The molecule has 3 N–H and O–H groups in total. The summed E-state index contributed by atoms with van der Waals surface area (Å²) in [6, 6.07) is 11.9. The number of oxime groups is 1. The fourth-order valence-electron chi connectivity index (χ4n) is 3.99. The van der Waals surface area contributed by atoms with Crippen LogP contribution in [0.1, 0.15) is 56.2 Å². The molecule has 1 aromatic heterocycles. The van der Waals surface area contributed by atoms with Crippen LogP contribution >= 0.6 is 11.3 Å². The fraction of sp³-hybridized carbons (Fsp3) is 0.409. The van der Waals surface area contributed by atoms with E-state index in [-0.39, 0.29) is 23.6 Å². The number of amides is 1. The molecule has 0 spiro atoms. The van der Waals surface area contributed by atoms with Crippen LogP contribution < -0.4 is 10.6 Å². The first kappa shape index (κ1) is 21.0. The molecule has 1 aliphatic heterocycles. The van der Waals surface area contributed by atoms with E-state index < -0.39 is 0 Å². The van der Waals surface area contributed by atoms with Gasteiger partial charge in [0.2, 0.25) is 0 Å². The number of nitriles is 1. The molecule has 29 heavy (non-hydrogen) atoms. The van der Waals surface area contributed by atoms with E-state index in [1.54, 1.807) is 0 Å². The van der Waals surface area contributed by atoms with E-state index in [2.05, 4.69) is 49.6 Å². The highest BCUT2D eigenvalue weighted by Gasteiger charge is 2.44. The molecule has 0 aliphatic carbocycles. The molecule has 0 unspecified atom stereocenters. The maximum absolute atomic E-state index is 12.4. The zero-order valence-corrected chi connectivity index (χ0v) is 18.3. The van der Waals surface area contributed by atoms with E-state index in [1.807, 2.05) is 37.3 Å². The average molecular weight is 412 g/mol. The third-order valence-electron chi connectivity index (χ3n) is 4.93. The largest absolute Gasteiger partial charge is 0.385 e. The van der Waals surface area contributed by atoms with Crippen LogP contribution in [-0.2, 0) is 21.6 Å². The van der Waals surface area contributed by atoms with Gasteiger partial charge in [0.25, 0.3) is 5.91 Å². The van der Waals surface area contributed by atoms with Crippen LogP contribution in [0.15, 0.2) is 35.5 Å². The molecule has 1 aromatic carbocycles. The van der Waals surface area contributed by atoms with Gasteiger partial charge in [0, 0.05) is 6.42 Å². The minimum Gasteiger partial charge on any atom is -0.385 e. The van der Waals surface area contributed by atoms with Crippen LogP contribution in [0.5, 0.6) is 0 Å². The third-order valence-corrected chi connectivity index (χ3v) is 6.42. The molecule has 2 heterocycles. The monoisotopic (exact) mass is 411 g/mol. The lowest BCUT2D eigenvalue weighted by atomic mass is 9.81. The second-order valence-electron chi connectivity index (χ2n) is 8.62. The Morgan fingerprint density at radius 2 is 2.00 bits per heavy atom. The predicted molar refractivity (Wildman–Crippen MR) is 115 cm³/mol. The van der Waals surface area contributed by atoms with E-state index >= 15 is 0 Å². The highest BCUT2D eigenvalue weighted by atomic mass is 32.1.